The average Bonchev–Trinajstić information content (AvgIpc) is 3.56. The number of pyridine rings is 1. The highest BCUT2D eigenvalue weighted by Crippen LogP contribution is 2.42. The Kier molecular flexibility index (Phi) is 5.94. The number of imidazole rings is 1. The van der Waals surface area contributed by atoms with Crippen LogP contribution in [-0.4, -0.2) is 26.1 Å². The van der Waals surface area contributed by atoms with E-state index in [1.54, 1.807) is 6.07 Å². The fraction of sp³-hybridized carbons (Fsp3) is 0.323. The Morgan fingerprint density at radius 3 is 2.58 bits per heavy atom. The van der Waals surface area contributed by atoms with Gasteiger partial charge in [-0.3, -0.25) is 0 Å². The summed E-state index contributed by atoms with van der Waals surface area (Å²) in [6.45, 7) is 10.4. The maximum absolute atomic E-state index is 13.0. The Balaban J connectivity index is 1.41. The molecule has 1 saturated carbocycles. The molecular formula is C31H30BrN3O3. The van der Waals surface area contributed by atoms with Gasteiger partial charge in [0.15, 0.2) is 10.3 Å². The summed E-state index contributed by atoms with van der Waals surface area (Å²) in [5.41, 5.74) is 5.82. The second kappa shape index (κ2) is 9.09. The summed E-state index contributed by atoms with van der Waals surface area (Å²) >= 11 is 3.63. The molecule has 38 heavy (non-hydrogen) atoms. The first kappa shape index (κ1) is 24.9. The number of benzene rings is 2. The molecule has 6 rings (SSSR count). The number of esters is 1. The van der Waals surface area contributed by atoms with E-state index in [1.807, 2.05) is 45.9 Å². The molecule has 0 atom stereocenters. The number of rotatable bonds is 5. The molecule has 194 valence electrons. The van der Waals surface area contributed by atoms with E-state index in [-0.39, 0.29) is 5.97 Å². The zero-order chi connectivity index (χ0) is 26.8. The van der Waals surface area contributed by atoms with Crippen molar-refractivity contribution >= 4 is 43.8 Å². The van der Waals surface area contributed by atoms with E-state index in [4.69, 9.17) is 19.1 Å². The highest BCUT2D eigenvalue weighted by Gasteiger charge is 2.31. The van der Waals surface area contributed by atoms with Crippen molar-refractivity contribution < 1.29 is 13.9 Å². The van der Waals surface area contributed by atoms with Crippen molar-refractivity contribution in [3.8, 4) is 11.3 Å². The fourth-order valence-electron chi connectivity index (χ4n) is 5.05. The minimum absolute atomic E-state index is 0.372. The van der Waals surface area contributed by atoms with Crippen LogP contribution >= 0.6 is 15.9 Å². The lowest BCUT2D eigenvalue weighted by molar-refractivity contribution is 0.00702. The fourth-order valence-corrected chi connectivity index (χ4v) is 5.54. The predicted octanol–water partition coefficient (Wildman–Crippen LogP) is 8.10. The second-order valence-electron chi connectivity index (χ2n) is 11.2. The van der Waals surface area contributed by atoms with Gasteiger partial charge in [0, 0.05) is 27.9 Å². The van der Waals surface area contributed by atoms with Crippen molar-refractivity contribution in [1.82, 2.24) is 14.5 Å². The zero-order valence-electron chi connectivity index (χ0n) is 22.3. The van der Waals surface area contributed by atoms with E-state index in [2.05, 4.69) is 51.7 Å². The predicted molar refractivity (Wildman–Crippen MR) is 153 cm³/mol. The quantitative estimate of drug-likeness (QED) is 0.199. The van der Waals surface area contributed by atoms with Crippen LogP contribution in [0.3, 0.4) is 0 Å². The SMILES string of the molecule is Cc1cc(C)c2nc(C3CC3)n(Cc3ccc4c(-c5ccccc5C(=O)OC(C)(C)C)oc(Br)c4c3)c2n1. The average molecular weight is 573 g/mol. The first-order valence-corrected chi connectivity index (χ1v) is 13.8. The molecule has 1 aliphatic carbocycles. The van der Waals surface area contributed by atoms with Gasteiger partial charge in [-0.25, -0.2) is 14.8 Å². The van der Waals surface area contributed by atoms with Crippen LogP contribution in [0.15, 0.2) is 57.6 Å². The van der Waals surface area contributed by atoms with Gasteiger partial charge in [-0.1, -0.05) is 30.3 Å². The van der Waals surface area contributed by atoms with Crippen LogP contribution < -0.4 is 0 Å². The molecule has 0 spiro atoms. The largest absolute Gasteiger partial charge is 0.456 e. The van der Waals surface area contributed by atoms with E-state index >= 15 is 0 Å². The number of aryl methyl sites for hydroxylation is 2. The number of aromatic nitrogens is 3. The summed E-state index contributed by atoms with van der Waals surface area (Å²) in [5, 5.41) is 1.88. The maximum Gasteiger partial charge on any atom is 0.339 e. The first-order valence-electron chi connectivity index (χ1n) is 13.0. The van der Waals surface area contributed by atoms with Gasteiger partial charge in [-0.2, -0.15) is 0 Å². The van der Waals surface area contributed by atoms with Gasteiger partial charge in [0.05, 0.1) is 12.1 Å². The number of halogens is 1. The summed E-state index contributed by atoms with van der Waals surface area (Å²) in [7, 11) is 0. The molecule has 1 fully saturated rings. The molecule has 1 aliphatic rings. The molecule has 0 aliphatic heterocycles. The molecule has 2 aromatic carbocycles. The lowest BCUT2D eigenvalue weighted by Gasteiger charge is -2.20. The third-order valence-corrected chi connectivity index (χ3v) is 7.45. The summed E-state index contributed by atoms with van der Waals surface area (Å²) in [6.07, 6.45) is 2.35. The molecule has 0 saturated heterocycles. The van der Waals surface area contributed by atoms with E-state index in [0.29, 0.717) is 34.0 Å². The topological polar surface area (TPSA) is 70.2 Å². The number of nitrogens with zero attached hydrogens (tertiary/aromatic N) is 3. The second-order valence-corrected chi connectivity index (χ2v) is 11.9. The molecule has 0 bridgehead atoms. The van der Waals surface area contributed by atoms with E-state index in [1.165, 1.54) is 12.8 Å². The number of hydrogen-bond donors (Lipinski definition) is 0. The van der Waals surface area contributed by atoms with E-state index < -0.39 is 5.60 Å². The Morgan fingerprint density at radius 1 is 1.08 bits per heavy atom. The number of hydrogen-bond acceptors (Lipinski definition) is 5. The van der Waals surface area contributed by atoms with Crippen molar-refractivity contribution in [2.45, 2.75) is 65.5 Å². The third-order valence-electron chi connectivity index (χ3n) is 6.86. The number of fused-ring (bicyclic) bond motifs is 2. The lowest BCUT2D eigenvalue weighted by Crippen LogP contribution is -2.24. The molecule has 0 N–H and O–H groups in total. The summed E-state index contributed by atoms with van der Waals surface area (Å²) in [6, 6.07) is 15.9. The van der Waals surface area contributed by atoms with Crippen molar-refractivity contribution in [2.75, 3.05) is 0 Å². The Bertz CT molecular complexity index is 1720. The third kappa shape index (κ3) is 4.53. The summed E-state index contributed by atoms with van der Waals surface area (Å²) in [5.74, 6) is 1.89. The van der Waals surface area contributed by atoms with Crippen LogP contribution in [-0.2, 0) is 11.3 Å². The Morgan fingerprint density at radius 2 is 1.84 bits per heavy atom. The molecular weight excluding hydrogens is 542 g/mol. The zero-order valence-corrected chi connectivity index (χ0v) is 23.8. The van der Waals surface area contributed by atoms with Gasteiger partial charge in [0.2, 0.25) is 0 Å². The van der Waals surface area contributed by atoms with Crippen LogP contribution in [0.5, 0.6) is 0 Å². The highest BCUT2D eigenvalue weighted by atomic mass is 79.9. The monoisotopic (exact) mass is 571 g/mol. The normalized spacial score (nSPS) is 13.9. The van der Waals surface area contributed by atoms with Crippen LogP contribution in [0.4, 0.5) is 0 Å². The number of furan rings is 1. The lowest BCUT2D eigenvalue weighted by atomic mass is 10.0. The minimum atomic E-state index is -0.590. The van der Waals surface area contributed by atoms with Gasteiger partial charge in [0.25, 0.3) is 0 Å². The van der Waals surface area contributed by atoms with Crippen molar-refractivity contribution in [3.05, 3.63) is 81.4 Å². The highest BCUT2D eigenvalue weighted by molar-refractivity contribution is 9.10. The number of carbonyl (C=O) groups excluding carboxylic acids is 1. The first-order chi connectivity index (χ1) is 18.1. The van der Waals surface area contributed by atoms with Gasteiger partial charge in [0.1, 0.15) is 22.7 Å². The van der Waals surface area contributed by atoms with Crippen LogP contribution in [0.1, 0.15) is 72.5 Å². The van der Waals surface area contributed by atoms with Crippen molar-refractivity contribution in [2.24, 2.45) is 0 Å². The molecule has 0 radical (unpaired) electrons. The van der Waals surface area contributed by atoms with Crippen LogP contribution in [0.2, 0.25) is 0 Å². The Hall–Kier alpha value is -3.45. The summed E-state index contributed by atoms with van der Waals surface area (Å²) in [4.78, 5) is 22.9. The van der Waals surface area contributed by atoms with Gasteiger partial charge in [-0.05, 0) is 92.7 Å². The molecule has 6 nitrogen and oxygen atoms in total. The van der Waals surface area contributed by atoms with Crippen LogP contribution in [0.25, 0.3) is 33.3 Å². The molecule has 7 heteroatoms. The maximum atomic E-state index is 13.0. The molecule has 0 amide bonds. The standard InChI is InChI=1S/C31H30BrN3O3/c1-17-14-18(2)33-29-25(17)34-28(20-11-12-20)35(29)16-19-10-13-22-24(15-19)27(32)37-26(22)21-8-6-7-9-23(21)30(36)38-31(3,4)5/h6-10,13-15,20H,11-12,16H2,1-5H3. The van der Waals surface area contributed by atoms with Crippen molar-refractivity contribution in [3.63, 3.8) is 0 Å². The van der Waals surface area contributed by atoms with Gasteiger partial charge >= 0.3 is 5.97 Å². The summed E-state index contributed by atoms with van der Waals surface area (Å²) < 4.78 is 14.8. The Labute approximate surface area is 230 Å². The van der Waals surface area contributed by atoms with E-state index in [9.17, 15) is 4.79 Å². The van der Waals surface area contributed by atoms with Gasteiger partial charge < -0.3 is 13.7 Å². The van der Waals surface area contributed by atoms with E-state index in [0.717, 1.165) is 44.6 Å². The number of carbonyl (C=O) groups is 1. The molecule has 0 unspecified atom stereocenters. The number of ether oxygens (including phenoxy) is 1. The molecule has 5 aromatic rings. The van der Waals surface area contributed by atoms with Crippen LogP contribution in [0, 0.1) is 13.8 Å². The molecule has 3 aromatic heterocycles. The molecule has 3 heterocycles. The van der Waals surface area contributed by atoms with Crippen molar-refractivity contribution in [1.29, 1.82) is 0 Å². The minimum Gasteiger partial charge on any atom is -0.456 e. The van der Waals surface area contributed by atoms with Gasteiger partial charge in [-0.15, -0.1) is 0 Å². The smallest absolute Gasteiger partial charge is 0.339 e.